The Labute approximate surface area is 81.8 Å². The first-order chi connectivity index (χ1) is 6.60. The normalized spacial score (nSPS) is 9.93. The van der Waals surface area contributed by atoms with Gasteiger partial charge in [0.25, 0.3) is 0 Å². The van der Waals surface area contributed by atoms with Crippen LogP contribution in [0.1, 0.15) is 28.9 Å². The van der Waals surface area contributed by atoms with Crippen molar-refractivity contribution < 1.29 is 14.6 Å². The van der Waals surface area contributed by atoms with E-state index in [9.17, 15) is 4.79 Å². The minimum absolute atomic E-state index is 0.0724. The van der Waals surface area contributed by atoms with Crippen molar-refractivity contribution in [2.45, 2.75) is 20.3 Å². The Balaban J connectivity index is 3.39. The molecule has 0 saturated carbocycles. The van der Waals surface area contributed by atoms with Gasteiger partial charge in [0.15, 0.2) is 11.4 Å². The van der Waals surface area contributed by atoms with E-state index in [2.05, 4.69) is 9.97 Å². The molecule has 0 bridgehead atoms. The molecule has 5 heteroatoms. The van der Waals surface area contributed by atoms with Crippen molar-refractivity contribution in [3.05, 3.63) is 17.2 Å². The predicted molar refractivity (Wildman–Crippen MR) is 49.7 cm³/mol. The van der Waals surface area contributed by atoms with Crippen LogP contribution in [0, 0.1) is 6.92 Å². The quantitative estimate of drug-likeness (QED) is 0.782. The van der Waals surface area contributed by atoms with Gasteiger partial charge < -0.3 is 9.84 Å². The second kappa shape index (κ2) is 4.04. The maximum atomic E-state index is 10.8. The minimum atomic E-state index is -1.10. The first-order valence-corrected chi connectivity index (χ1v) is 4.25. The minimum Gasteiger partial charge on any atom is -0.492 e. The van der Waals surface area contributed by atoms with E-state index >= 15 is 0 Å². The molecule has 76 valence electrons. The summed E-state index contributed by atoms with van der Waals surface area (Å²) in [6.07, 6.45) is 0.618. The molecule has 0 aromatic carbocycles. The van der Waals surface area contributed by atoms with Gasteiger partial charge in [0.2, 0.25) is 0 Å². The van der Waals surface area contributed by atoms with Gasteiger partial charge in [0.1, 0.15) is 5.82 Å². The van der Waals surface area contributed by atoms with Crippen LogP contribution in [0.25, 0.3) is 0 Å². The van der Waals surface area contributed by atoms with Crippen molar-refractivity contribution in [3.8, 4) is 5.75 Å². The molecule has 0 amide bonds. The highest BCUT2D eigenvalue weighted by Crippen LogP contribution is 2.21. The van der Waals surface area contributed by atoms with Crippen LogP contribution in [0.15, 0.2) is 0 Å². The Morgan fingerprint density at radius 1 is 1.50 bits per heavy atom. The van der Waals surface area contributed by atoms with Gasteiger partial charge in [-0.3, -0.25) is 0 Å². The van der Waals surface area contributed by atoms with E-state index in [1.54, 1.807) is 6.92 Å². The molecular weight excluding hydrogens is 184 g/mol. The van der Waals surface area contributed by atoms with Crippen LogP contribution in [0.3, 0.4) is 0 Å². The second-order valence-corrected chi connectivity index (χ2v) is 2.76. The third kappa shape index (κ3) is 1.81. The summed E-state index contributed by atoms with van der Waals surface area (Å²) in [6.45, 7) is 3.54. The lowest BCUT2D eigenvalue weighted by Crippen LogP contribution is -2.09. The Morgan fingerprint density at radius 2 is 2.14 bits per heavy atom. The number of hydrogen-bond donors (Lipinski definition) is 1. The van der Waals surface area contributed by atoms with Crippen molar-refractivity contribution >= 4 is 5.97 Å². The largest absolute Gasteiger partial charge is 0.492 e. The summed E-state index contributed by atoms with van der Waals surface area (Å²) in [6, 6.07) is 0. The Kier molecular flexibility index (Phi) is 3.01. The van der Waals surface area contributed by atoms with Gasteiger partial charge in [0.05, 0.1) is 12.8 Å². The van der Waals surface area contributed by atoms with Crippen molar-refractivity contribution in [1.82, 2.24) is 9.97 Å². The average molecular weight is 196 g/mol. The zero-order valence-corrected chi connectivity index (χ0v) is 8.37. The average Bonchev–Trinajstić information content (AvgIpc) is 2.16. The smallest absolute Gasteiger partial charge is 0.358 e. The first-order valence-electron chi connectivity index (χ1n) is 4.25. The fourth-order valence-corrected chi connectivity index (χ4v) is 1.22. The zero-order chi connectivity index (χ0) is 10.7. The van der Waals surface area contributed by atoms with Gasteiger partial charge in [-0.05, 0) is 13.3 Å². The van der Waals surface area contributed by atoms with Crippen molar-refractivity contribution in [2.24, 2.45) is 0 Å². The molecule has 1 aromatic rings. The highest BCUT2D eigenvalue weighted by molar-refractivity contribution is 5.88. The molecule has 0 spiro atoms. The maximum absolute atomic E-state index is 10.8. The SMILES string of the molecule is CCc1nc(C)nc(C(=O)O)c1OC. The van der Waals surface area contributed by atoms with Crippen molar-refractivity contribution in [2.75, 3.05) is 7.11 Å². The number of hydrogen-bond acceptors (Lipinski definition) is 4. The lowest BCUT2D eigenvalue weighted by molar-refractivity contribution is 0.0685. The molecule has 0 unspecified atom stereocenters. The van der Waals surface area contributed by atoms with E-state index in [4.69, 9.17) is 9.84 Å². The number of ether oxygens (including phenoxy) is 1. The highest BCUT2D eigenvalue weighted by Gasteiger charge is 2.17. The van der Waals surface area contributed by atoms with Crippen LogP contribution in [0.5, 0.6) is 5.75 Å². The number of methoxy groups -OCH3 is 1. The summed E-state index contributed by atoms with van der Waals surface area (Å²) in [7, 11) is 1.42. The van der Waals surface area contributed by atoms with Crippen LogP contribution in [0.4, 0.5) is 0 Å². The molecule has 1 heterocycles. The molecule has 0 radical (unpaired) electrons. The molecule has 14 heavy (non-hydrogen) atoms. The Morgan fingerprint density at radius 3 is 2.57 bits per heavy atom. The first kappa shape index (κ1) is 10.4. The van der Waals surface area contributed by atoms with Crippen molar-refractivity contribution in [3.63, 3.8) is 0 Å². The van der Waals surface area contributed by atoms with E-state index in [-0.39, 0.29) is 11.4 Å². The maximum Gasteiger partial charge on any atom is 0.358 e. The number of carboxylic acids is 1. The fourth-order valence-electron chi connectivity index (χ4n) is 1.22. The Hall–Kier alpha value is -1.65. The third-order valence-electron chi connectivity index (χ3n) is 1.79. The van der Waals surface area contributed by atoms with Gasteiger partial charge in [-0.2, -0.15) is 0 Å². The lowest BCUT2D eigenvalue weighted by atomic mass is 10.2. The van der Waals surface area contributed by atoms with Gasteiger partial charge in [0, 0.05) is 0 Å². The monoisotopic (exact) mass is 196 g/mol. The molecule has 0 aliphatic carbocycles. The van der Waals surface area contributed by atoms with Crippen LogP contribution < -0.4 is 4.74 Å². The van der Waals surface area contributed by atoms with Gasteiger partial charge in [-0.15, -0.1) is 0 Å². The van der Waals surface area contributed by atoms with E-state index in [1.807, 2.05) is 6.92 Å². The molecule has 0 saturated heterocycles. The molecule has 1 N–H and O–H groups in total. The molecule has 0 aliphatic heterocycles. The second-order valence-electron chi connectivity index (χ2n) is 2.76. The number of aryl methyl sites for hydroxylation is 2. The molecule has 1 aromatic heterocycles. The number of aromatic carboxylic acids is 1. The summed E-state index contributed by atoms with van der Waals surface area (Å²) >= 11 is 0. The molecule has 5 nitrogen and oxygen atoms in total. The summed E-state index contributed by atoms with van der Waals surface area (Å²) in [5.74, 6) is -0.396. The standard InChI is InChI=1S/C9H12N2O3/c1-4-6-8(14-3)7(9(12)13)11-5(2)10-6/h4H2,1-3H3,(H,12,13). The van der Waals surface area contributed by atoms with E-state index < -0.39 is 5.97 Å². The summed E-state index contributed by atoms with van der Waals surface area (Å²) in [5, 5.41) is 8.87. The molecule has 0 fully saturated rings. The lowest BCUT2D eigenvalue weighted by Gasteiger charge is -2.08. The fraction of sp³-hybridized carbons (Fsp3) is 0.444. The summed E-state index contributed by atoms with van der Waals surface area (Å²) in [4.78, 5) is 18.8. The van der Waals surface area contributed by atoms with E-state index in [0.29, 0.717) is 17.9 Å². The Bertz CT molecular complexity index is 363. The van der Waals surface area contributed by atoms with E-state index in [1.165, 1.54) is 7.11 Å². The number of rotatable bonds is 3. The van der Waals surface area contributed by atoms with Gasteiger partial charge in [-0.1, -0.05) is 6.92 Å². The predicted octanol–water partition coefficient (Wildman–Crippen LogP) is 1.05. The van der Waals surface area contributed by atoms with Crippen LogP contribution >= 0.6 is 0 Å². The summed E-state index contributed by atoms with van der Waals surface area (Å²) < 4.78 is 4.98. The molecule has 0 aliphatic rings. The van der Waals surface area contributed by atoms with Crippen LogP contribution in [-0.4, -0.2) is 28.2 Å². The topological polar surface area (TPSA) is 72.3 Å². The summed E-state index contributed by atoms with van der Waals surface area (Å²) in [5.41, 5.74) is 0.550. The number of carboxylic acid groups (broad SMARTS) is 1. The molecule has 1 rings (SSSR count). The third-order valence-corrected chi connectivity index (χ3v) is 1.79. The number of aromatic nitrogens is 2. The zero-order valence-electron chi connectivity index (χ0n) is 8.37. The van der Waals surface area contributed by atoms with Gasteiger partial charge >= 0.3 is 5.97 Å². The number of carbonyl (C=O) groups is 1. The van der Waals surface area contributed by atoms with Crippen LogP contribution in [-0.2, 0) is 6.42 Å². The van der Waals surface area contributed by atoms with Crippen molar-refractivity contribution in [1.29, 1.82) is 0 Å². The number of nitrogens with zero attached hydrogens (tertiary/aromatic N) is 2. The molecular formula is C9H12N2O3. The molecule has 0 atom stereocenters. The van der Waals surface area contributed by atoms with Crippen LogP contribution in [0.2, 0.25) is 0 Å². The van der Waals surface area contributed by atoms with E-state index in [0.717, 1.165) is 0 Å². The van der Waals surface area contributed by atoms with Gasteiger partial charge in [-0.25, -0.2) is 14.8 Å². The highest BCUT2D eigenvalue weighted by atomic mass is 16.5.